The van der Waals surface area contributed by atoms with Crippen LogP contribution in [0.15, 0.2) is 5.10 Å². The molecule has 0 aliphatic heterocycles. The maximum absolute atomic E-state index is 10.7. The van der Waals surface area contributed by atoms with E-state index < -0.39 is 12.0 Å². The van der Waals surface area contributed by atoms with E-state index >= 15 is 0 Å². The minimum atomic E-state index is -0.912. The summed E-state index contributed by atoms with van der Waals surface area (Å²) in [5.41, 5.74) is 7.32. The number of carbonyl (C=O) groups is 1. The number of carboxylic acids is 1. The number of nitrogens with one attached hydrogen (secondary N) is 2. The van der Waals surface area contributed by atoms with Crippen LogP contribution in [0.25, 0.3) is 0 Å². The van der Waals surface area contributed by atoms with Crippen molar-refractivity contribution in [3.05, 3.63) is 0 Å². The number of nitrogens with zero attached hydrogens (tertiary/aromatic N) is 1. The predicted octanol–water partition coefficient (Wildman–Crippen LogP) is -1.01. The molecule has 0 rings (SSSR count). The highest BCUT2D eigenvalue weighted by Crippen LogP contribution is 1.99. The first-order chi connectivity index (χ1) is 6.72. The van der Waals surface area contributed by atoms with Crippen molar-refractivity contribution in [3.63, 3.8) is 0 Å². The number of hydrogen-bond acceptors (Lipinski definition) is 5. The lowest BCUT2D eigenvalue weighted by atomic mass is 10.1. The van der Waals surface area contributed by atoms with E-state index in [0.29, 0.717) is 13.0 Å². The van der Waals surface area contributed by atoms with Gasteiger partial charge < -0.3 is 16.2 Å². The van der Waals surface area contributed by atoms with Crippen LogP contribution in [0.4, 0.5) is 0 Å². The molecule has 0 heterocycles. The minimum Gasteiger partial charge on any atom is -0.480 e. The maximum Gasteiger partial charge on any atom is 0.326 e. The summed E-state index contributed by atoms with van der Waals surface area (Å²) in [6, 6.07) is -0.640. The van der Waals surface area contributed by atoms with Gasteiger partial charge in [0.25, 0.3) is 0 Å². The Kier molecular flexibility index (Phi) is 12.0. The number of unbranched alkanes of at least 4 members (excludes halogenated alkanes) is 1. The van der Waals surface area contributed by atoms with Gasteiger partial charge in [-0.3, -0.25) is 0 Å². The van der Waals surface area contributed by atoms with E-state index in [2.05, 4.69) is 10.4 Å². The molecule has 0 saturated carbocycles. The molecule has 8 heteroatoms. The number of nitrogens with two attached hydrogens (primary N) is 2. The third-order valence-corrected chi connectivity index (χ3v) is 1.66. The molecule has 0 aliphatic rings. The van der Waals surface area contributed by atoms with E-state index in [0.717, 1.165) is 12.8 Å². The van der Waals surface area contributed by atoms with Crippen molar-refractivity contribution in [2.45, 2.75) is 25.3 Å². The average molecular weight is 240 g/mol. The zero-order chi connectivity index (χ0) is 10.8. The van der Waals surface area contributed by atoms with E-state index in [9.17, 15) is 4.79 Å². The zero-order valence-corrected chi connectivity index (χ0v) is 9.17. The number of carboxylic acid groups (broad SMARTS) is 1. The molecule has 0 bridgehead atoms. The molecule has 0 spiro atoms. The van der Waals surface area contributed by atoms with Gasteiger partial charge in [-0.25, -0.2) is 16.2 Å². The fraction of sp³-hybridized carbons (Fsp3) is 0.714. The maximum atomic E-state index is 10.7. The van der Waals surface area contributed by atoms with E-state index in [4.69, 9.17) is 16.7 Å². The van der Waals surface area contributed by atoms with Crippen molar-refractivity contribution in [3.8, 4) is 0 Å². The Morgan fingerprint density at radius 1 is 1.53 bits per heavy atom. The molecule has 0 amide bonds. The lowest BCUT2D eigenvalue weighted by molar-refractivity contribution is -0.139. The zero-order valence-electron chi connectivity index (χ0n) is 8.35. The van der Waals surface area contributed by atoms with Crippen molar-refractivity contribution in [2.75, 3.05) is 6.54 Å². The standard InChI is InChI=1S/C7H17N5O2.ClH/c8-4-2-1-3-6(7(13)14)10-5-11-12-9;/h5-6,12H,1-4,8-9H2,(H,10,11)(H,13,14);1H/t6-;/m0./s1. The van der Waals surface area contributed by atoms with Crippen molar-refractivity contribution in [1.29, 1.82) is 0 Å². The summed E-state index contributed by atoms with van der Waals surface area (Å²) in [6.45, 7) is 0.574. The van der Waals surface area contributed by atoms with Crippen LogP contribution in [-0.2, 0) is 4.79 Å². The number of hydrazine groups is 1. The molecule has 0 aromatic heterocycles. The summed E-state index contributed by atoms with van der Waals surface area (Å²) < 4.78 is 0. The number of hydrazone groups is 1. The van der Waals surface area contributed by atoms with Crippen molar-refractivity contribution >= 4 is 24.7 Å². The molecular weight excluding hydrogens is 222 g/mol. The van der Waals surface area contributed by atoms with Gasteiger partial charge in [-0.1, -0.05) is 0 Å². The van der Waals surface area contributed by atoms with Gasteiger partial charge in [0.15, 0.2) is 0 Å². The molecule has 0 aromatic carbocycles. The first-order valence-corrected chi connectivity index (χ1v) is 4.38. The van der Waals surface area contributed by atoms with Crippen LogP contribution in [0.1, 0.15) is 19.3 Å². The summed E-state index contributed by atoms with van der Waals surface area (Å²) in [7, 11) is 0. The molecule has 0 unspecified atom stereocenters. The topological polar surface area (TPSA) is 126 Å². The Morgan fingerprint density at radius 3 is 2.67 bits per heavy atom. The van der Waals surface area contributed by atoms with Crippen molar-refractivity contribution in [2.24, 2.45) is 16.7 Å². The second-order valence-corrected chi connectivity index (χ2v) is 2.73. The highest BCUT2D eigenvalue weighted by Gasteiger charge is 2.14. The summed E-state index contributed by atoms with van der Waals surface area (Å²) in [5.74, 6) is 3.95. The van der Waals surface area contributed by atoms with Crippen molar-refractivity contribution in [1.82, 2.24) is 10.9 Å². The van der Waals surface area contributed by atoms with E-state index in [1.54, 1.807) is 0 Å². The summed E-state index contributed by atoms with van der Waals surface area (Å²) in [5, 5.41) is 14.8. The fourth-order valence-electron chi connectivity index (χ4n) is 0.935. The molecule has 1 atom stereocenters. The Bertz CT molecular complexity index is 190. The normalized spacial score (nSPS) is 11.9. The summed E-state index contributed by atoms with van der Waals surface area (Å²) >= 11 is 0. The van der Waals surface area contributed by atoms with Gasteiger partial charge in [0, 0.05) is 0 Å². The third-order valence-electron chi connectivity index (χ3n) is 1.66. The lowest BCUT2D eigenvalue weighted by Crippen LogP contribution is -2.36. The Balaban J connectivity index is 0. The number of aliphatic carboxylic acids is 1. The van der Waals surface area contributed by atoms with Crippen LogP contribution in [0.3, 0.4) is 0 Å². The molecule has 7 N–H and O–H groups in total. The monoisotopic (exact) mass is 239 g/mol. The van der Waals surface area contributed by atoms with Crippen LogP contribution < -0.4 is 22.4 Å². The lowest BCUT2D eigenvalue weighted by Gasteiger charge is -2.11. The van der Waals surface area contributed by atoms with Crippen LogP contribution in [-0.4, -0.2) is 30.0 Å². The summed E-state index contributed by atoms with van der Waals surface area (Å²) in [6.07, 6.45) is 3.33. The smallest absolute Gasteiger partial charge is 0.326 e. The van der Waals surface area contributed by atoms with Crippen LogP contribution >= 0.6 is 12.4 Å². The Hall–Kier alpha value is -1.05. The highest BCUT2D eigenvalue weighted by molar-refractivity contribution is 5.85. The molecule has 90 valence electrons. The molecule has 0 aliphatic carbocycles. The molecule has 0 saturated heterocycles. The summed E-state index contributed by atoms with van der Waals surface area (Å²) in [4.78, 5) is 10.7. The van der Waals surface area contributed by atoms with Crippen LogP contribution in [0.5, 0.6) is 0 Å². The second-order valence-electron chi connectivity index (χ2n) is 2.73. The minimum absolute atomic E-state index is 0. The van der Waals surface area contributed by atoms with Crippen molar-refractivity contribution < 1.29 is 9.90 Å². The molecule has 0 radical (unpaired) electrons. The second kappa shape index (κ2) is 11.0. The predicted molar refractivity (Wildman–Crippen MR) is 60.5 cm³/mol. The number of hydrogen-bond donors (Lipinski definition) is 5. The first-order valence-electron chi connectivity index (χ1n) is 4.38. The van der Waals surface area contributed by atoms with Gasteiger partial charge in [-0.2, -0.15) is 5.10 Å². The van der Waals surface area contributed by atoms with Crippen LogP contribution in [0.2, 0.25) is 0 Å². The fourth-order valence-corrected chi connectivity index (χ4v) is 0.935. The molecule has 0 aromatic rings. The largest absolute Gasteiger partial charge is 0.480 e. The van der Waals surface area contributed by atoms with Gasteiger partial charge in [0.1, 0.15) is 12.4 Å². The van der Waals surface area contributed by atoms with E-state index in [1.165, 1.54) is 6.34 Å². The number of halogens is 1. The van der Waals surface area contributed by atoms with Gasteiger partial charge in [0.2, 0.25) is 0 Å². The highest BCUT2D eigenvalue weighted by atomic mass is 35.5. The third kappa shape index (κ3) is 9.26. The Morgan fingerprint density at radius 2 is 2.20 bits per heavy atom. The van der Waals surface area contributed by atoms with E-state index in [-0.39, 0.29) is 12.4 Å². The van der Waals surface area contributed by atoms with Gasteiger partial charge in [-0.15, -0.1) is 12.4 Å². The molecular formula is C7H18ClN5O2. The Labute approximate surface area is 94.7 Å². The first kappa shape index (κ1) is 16.4. The molecule has 0 fully saturated rings. The van der Waals surface area contributed by atoms with Crippen LogP contribution in [0, 0.1) is 0 Å². The van der Waals surface area contributed by atoms with Gasteiger partial charge in [0.05, 0.1) is 0 Å². The quantitative estimate of drug-likeness (QED) is 0.121. The molecule has 15 heavy (non-hydrogen) atoms. The SMILES string of the molecule is Cl.NCCCC[C@H](NC=NNN)C(=O)O. The van der Waals surface area contributed by atoms with E-state index in [1.807, 2.05) is 5.53 Å². The van der Waals surface area contributed by atoms with Gasteiger partial charge >= 0.3 is 5.97 Å². The molecule has 7 nitrogen and oxygen atoms in total. The van der Waals surface area contributed by atoms with Gasteiger partial charge in [-0.05, 0) is 25.8 Å². The average Bonchev–Trinajstić information content (AvgIpc) is 2.15. The number of rotatable bonds is 8.